The first kappa shape index (κ1) is 23.3. The van der Waals surface area contributed by atoms with Gasteiger partial charge in [-0.15, -0.1) is 5.10 Å². The van der Waals surface area contributed by atoms with Gasteiger partial charge in [0, 0.05) is 29.8 Å². The Balaban J connectivity index is 1.61. The number of hydrogen-bond donors (Lipinski definition) is 1. The Hall–Kier alpha value is -4.41. The van der Waals surface area contributed by atoms with E-state index < -0.39 is 0 Å². The third kappa shape index (κ3) is 4.35. The van der Waals surface area contributed by atoms with Crippen molar-refractivity contribution >= 4 is 0 Å². The van der Waals surface area contributed by atoms with E-state index in [1.54, 1.807) is 15.4 Å². The van der Waals surface area contributed by atoms with Gasteiger partial charge in [0.1, 0.15) is 6.33 Å². The molecule has 4 aromatic heterocycles. The molecule has 0 amide bonds. The predicted molar refractivity (Wildman–Crippen MR) is 135 cm³/mol. The van der Waals surface area contributed by atoms with Crippen LogP contribution in [0.15, 0.2) is 60.0 Å². The van der Waals surface area contributed by atoms with Crippen molar-refractivity contribution in [2.45, 2.75) is 52.6 Å². The number of pyridine rings is 1. The van der Waals surface area contributed by atoms with Gasteiger partial charge in [-0.2, -0.15) is 10.1 Å². The highest BCUT2D eigenvalue weighted by Crippen LogP contribution is 2.32. The van der Waals surface area contributed by atoms with E-state index in [-0.39, 0.29) is 11.7 Å². The molecule has 0 spiro atoms. The van der Waals surface area contributed by atoms with E-state index in [2.05, 4.69) is 42.6 Å². The molecule has 0 radical (unpaired) electrons. The van der Waals surface area contributed by atoms with E-state index in [9.17, 15) is 4.79 Å². The highest BCUT2D eigenvalue weighted by Gasteiger charge is 2.20. The molecule has 0 atom stereocenters. The molecule has 0 saturated carbocycles. The molecule has 0 saturated heterocycles. The second kappa shape index (κ2) is 10.1. The fraction of sp³-hybridized carbons (Fsp3) is 0.320. The molecule has 4 heterocycles. The fourth-order valence-corrected chi connectivity index (χ4v) is 4.36. The minimum atomic E-state index is -0.154. The topological polar surface area (TPSA) is 125 Å². The maximum Gasteiger partial charge on any atom is 0.335 e. The first-order valence-corrected chi connectivity index (χ1v) is 12.1. The van der Waals surface area contributed by atoms with Crippen molar-refractivity contribution in [3.05, 3.63) is 77.0 Å². The second-order valence-corrected chi connectivity index (χ2v) is 8.89. The van der Waals surface area contributed by atoms with Gasteiger partial charge in [-0.3, -0.25) is 9.55 Å². The fourth-order valence-electron chi connectivity index (χ4n) is 4.36. The first-order chi connectivity index (χ1) is 17.6. The molecule has 1 aromatic carbocycles. The normalized spacial score (nSPS) is 11.4. The van der Waals surface area contributed by atoms with Crippen molar-refractivity contribution in [2.75, 3.05) is 0 Å². The largest absolute Gasteiger partial charge is 0.335 e. The lowest BCUT2D eigenvalue weighted by atomic mass is 9.96. The van der Waals surface area contributed by atoms with Crippen LogP contribution in [0.2, 0.25) is 0 Å². The molecule has 36 heavy (non-hydrogen) atoms. The summed E-state index contributed by atoms with van der Waals surface area (Å²) in [6, 6.07) is 9.94. The zero-order chi connectivity index (χ0) is 25.1. The van der Waals surface area contributed by atoms with Crippen molar-refractivity contribution in [3.8, 4) is 28.5 Å². The summed E-state index contributed by atoms with van der Waals surface area (Å²) in [5.41, 5.74) is 4.50. The molecule has 0 aliphatic carbocycles. The number of aromatic amines is 1. The summed E-state index contributed by atoms with van der Waals surface area (Å²) < 4.78 is 5.17. The molecular formula is C25H28N10O. The summed E-state index contributed by atoms with van der Waals surface area (Å²) in [7, 11) is 0. The SMILES string of the molecule is CCCCc1cn(-c2ncnn2C(C)C)c(=O)n1Cc1cnccc1-c1ccccc1-c1nnn[nH]1. The number of nitrogens with one attached hydrogen (secondary N) is 1. The van der Waals surface area contributed by atoms with E-state index in [1.807, 2.05) is 61.1 Å². The number of benzene rings is 1. The van der Waals surface area contributed by atoms with Gasteiger partial charge in [0.2, 0.25) is 5.95 Å². The molecule has 184 valence electrons. The number of aryl methyl sites for hydroxylation is 1. The van der Waals surface area contributed by atoms with Crippen LogP contribution in [0.25, 0.3) is 28.5 Å². The van der Waals surface area contributed by atoms with E-state index in [0.717, 1.165) is 47.2 Å². The van der Waals surface area contributed by atoms with Gasteiger partial charge in [-0.05, 0) is 59.9 Å². The van der Waals surface area contributed by atoms with E-state index in [4.69, 9.17) is 0 Å². The zero-order valence-electron chi connectivity index (χ0n) is 20.5. The Morgan fingerprint density at radius 1 is 1.08 bits per heavy atom. The molecule has 0 bridgehead atoms. The van der Waals surface area contributed by atoms with Crippen LogP contribution in [-0.4, -0.2) is 49.5 Å². The third-order valence-corrected chi connectivity index (χ3v) is 6.16. The van der Waals surface area contributed by atoms with Gasteiger partial charge >= 0.3 is 5.69 Å². The monoisotopic (exact) mass is 484 g/mol. The third-order valence-electron chi connectivity index (χ3n) is 6.16. The Bertz CT molecular complexity index is 1510. The summed E-state index contributed by atoms with van der Waals surface area (Å²) in [5.74, 6) is 1.09. The maximum absolute atomic E-state index is 13.7. The molecule has 5 aromatic rings. The van der Waals surface area contributed by atoms with Crippen LogP contribution in [0, 0.1) is 0 Å². The highest BCUT2D eigenvalue weighted by molar-refractivity contribution is 5.81. The van der Waals surface area contributed by atoms with Crippen LogP contribution >= 0.6 is 0 Å². The second-order valence-electron chi connectivity index (χ2n) is 8.89. The highest BCUT2D eigenvalue weighted by atomic mass is 16.2. The summed E-state index contributed by atoms with van der Waals surface area (Å²) in [6.45, 7) is 6.54. The quantitative estimate of drug-likeness (QED) is 0.340. The van der Waals surface area contributed by atoms with Crippen molar-refractivity contribution < 1.29 is 0 Å². The molecule has 5 rings (SSSR count). The van der Waals surface area contributed by atoms with E-state index in [0.29, 0.717) is 18.3 Å². The number of imidazole rings is 1. The summed E-state index contributed by atoms with van der Waals surface area (Å²) in [6.07, 6.45) is 9.73. The summed E-state index contributed by atoms with van der Waals surface area (Å²) in [4.78, 5) is 22.5. The number of tetrazole rings is 1. The van der Waals surface area contributed by atoms with Gasteiger partial charge in [-0.1, -0.05) is 37.6 Å². The van der Waals surface area contributed by atoms with Crippen molar-refractivity contribution in [1.29, 1.82) is 0 Å². The minimum absolute atomic E-state index is 0.0730. The van der Waals surface area contributed by atoms with E-state index >= 15 is 0 Å². The van der Waals surface area contributed by atoms with Crippen molar-refractivity contribution in [3.63, 3.8) is 0 Å². The van der Waals surface area contributed by atoms with Gasteiger partial charge < -0.3 is 0 Å². The Morgan fingerprint density at radius 2 is 1.92 bits per heavy atom. The Kier molecular flexibility index (Phi) is 6.52. The van der Waals surface area contributed by atoms with Crippen molar-refractivity contribution in [2.24, 2.45) is 0 Å². The van der Waals surface area contributed by atoms with Gasteiger partial charge in [0.25, 0.3) is 0 Å². The number of nitrogens with zero attached hydrogens (tertiary/aromatic N) is 9. The number of H-pyrrole nitrogens is 1. The average molecular weight is 485 g/mol. The standard InChI is InChI=1S/C25H28N10O/c1-4-5-8-19-15-34(24-27-16-28-35(24)17(2)3)25(36)33(19)14-18-13-26-12-11-20(18)21-9-6-7-10-22(21)23-29-31-32-30-23/h6-7,9-13,15-17H,4-5,8,14H2,1-3H3,(H,29,30,31,32). The molecule has 0 aliphatic rings. The number of unbranched alkanes of at least 4 members (excludes halogenated alkanes) is 1. The number of hydrogen-bond acceptors (Lipinski definition) is 7. The zero-order valence-corrected chi connectivity index (χ0v) is 20.5. The molecule has 1 N–H and O–H groups in total. The molecule has 0 fully saturated rings. The lowest BCUT2D eigenvalue weighted by Gasteiger charge is -2.14. The molecule has 0 aliphatic heterocycles. The number of rotatable bonds is 9. The average Bonchev–Trinajstić information content (AvgIpc) is 3.65. The minimum Gasteiger partial charge on any atom is -0.291 e. The predicted octanol–water partition coefficient (Wildman–Crippen LogP) is 3.44. The van der Waals surface area contributed by atoms with Crippen molar-refractivity contribution in [1.82, 2.24) is 49.5 Å². The smallest absolute Gasteiger partial charge is 0.291 e. The van der Waals surface area contributed by atoms with Crippen LogP contribution in [0.1, 0.15) is 50.9 Å². The van der Waals surface area contributed by atoms with Crippen LogP contribution in [0.4, 0.5) is 0 Å². The number of aromatic nitrogens is 10. The first-order valence-electron chi connectivity index (χ1n) is 12.1. The maximum atomic E-state index is 13.7. The molecule has 11 heteroatoms. The van der Waals surface area contributed by atoms with Gasteiger partial charge in [0.05, 0.1) is 12.6 Å². The lowest BCUT2D eigenvalue weighted by molar-refractivity contribution is 0.515. The Morgan fingerprint density at radius 3 is 2.67 bits per heavy atom. The molecule has 0 unspecified atom stereocenters. The van der Waals surface area contributed by atoms with E-state index in [1.165, 1.54) is 6.33 Å². The van der Waals surface area contributed by atoms with Crippen LogP contribution in [0.3, 0.4) is 0 Å². The van der Waals surface area contributed by atoms with Gasteiger partial charge in [-0.25, -0.2) is 19.1 Å². The van der Waals surface area contributed by atoms with Crippen LogP contribution < -0.4 is 5.69 Å². The van der Waals surface area contributed by atoms with Crippen LogP contribution in [-0.2, 0) is 13.0 Å². The lowest BCUT2D eigenvalue weighted by Crippen LogP contribution is -2.27. The summed E-state index contributed by atoms with van der Waals surface area (Å²) >= 11 is 0. The molecule has 11 nitrogen and oxygen atoms in total. The summed E-state index contributed by atoms with van der Waals surface area (Å²) in [5, 5.41) is 18.7. The Labute approximate surface area is 207 Å². The molecular weight excluding hydrogens is 456 g/mol. The van der Waals surface area contributed by atoms with Crippen LogP contribution in [0.5, 0.6) is 0 Å². The van der Waals surface area contributed by atoms with Gasteiger partial charge in [0.15, 0.2) is 5.82 Å².